The highest BCUT2D eigenvalue weighted by Gasteiger charge is 2.44. The highest BCUT2D eigenvalue weighted by molar-refractivity contribution is 5.87. The number of carboxylic acid groups (broad SMARTS) is 1. The normalized spacial score (nSPS) is 20.7. The molecule has 0 saturated heterocycles. The molecule has 136 valence electrons. The second kappa shape index (κ2) is 5.95. The van der Waals surface area contributed by atoms with Crippen LogP contribution < -0.4 is 10.3 Å². The largest absolute Gasteiger partial charge is 0.485 e. The lowest BCUT2D eigenvalue weighted by Gasteiger charge is -2.42. The molecule has 2 atom stereocenters. The number of rotatable bonds is 3. The van der Waals surface area contributed by atoms with Gasteiger partial charge in [-0.05, 0) is 26.0 Å². The summed E-state index contributed by atoms with van der Waals surface area (Å²) in [5.74, 6) is -0.956. The van der Waals surface area contributed by atoms with Crippen molar-refractivity contribution in [1.29, 1.82) is 0 Å². The number of non-ortho nitro benzene ring substituents is 1. The minimum absolute atomic E-state index is 0.145. The molecule has 1 aliphatic rings. The van der Waals surface area contributed by atoms with Gasteiger partial charge in [0.2, 0.25) is 0 Å². The molecule has 0 spiro atoms. The Hall–Kier alpha value is -3.20. The van der Waals surface area contributed by atoms with Gasteiger partial charge in [0.05, 0.1) is 16.5 Å². The molecule has 1 aliphatic heterocycles. The van der Waals surface area contributed by atoms with Crippen LogP contribution in [0.1, 0.15) is 35.8 Å². The first-order valence-electron chi connectivity index (χ1n) is 7.73. The zero-order valence-electron chi connectivity index (χ0n) is 13.9. The van der Waals surface area contributed by atoms with E-state index in [0.717, 1.165) is 22.9 Å². The Labute approximate surface area is 147 Å². The Kier molecular flexibility index (Phi) is 4.03. The third-order valence-electron chi connectivity index (χ3n) is 4.39. The average molecular weight is 360 g/mol. The molecule has 2 N–H and O–H groups in total. The summed E-state index contributed by atoms with van der Waals surface area (Å²) in [6.07, 6.45) is -0.138. The van der Waals surface area contributed by atoms with Crippen molar-refractivity contribution < 1.29 is 24.7 Å². The van der Waals surface area contributed by atoms with Crippen LogP contribution in [0.25, 0.3) is 0 Å². The maximum Gasteiger partial charge on any atom is 0.337 e. The maximum absolute atomic E-state index is 12.4. The number of carbonyl (C=O) groups is 1. The van der Waals surface area contributed by atoms with Crippen molar-refractivity contribution >= 4 is 11.7 Å². The van der Waals surface area contributed by atoms with Crippen molar-refractivity contribution in [1.82, 2.24) is 4.57 Å². The molecule has 9 heteroatoms. The lowest BCUT2D eigenvalue weighted by Crippen LogP contribution is -2.52. The minimum atomic E-state index is -1.25. The van der Waals surface area contributed by atoms with Crippen molar-refractivity contribution in [3.8, 4) is 5.75 Å². The maximum atomic E-state index is 12.4. The molecule has 9 nitrogen and oxygen atoms in total. The summed E-state index contributed by atoms with van der Waals surface area (Å²) >= 11 is 0. The van der Waals surface area contributed by atoms with Crippen molar-refractivity contribution in [2.24, 2.45) is 0 Å². The Morgan fingerprint density at radius 1 is 1.31 bits per heavy atom. The number of aliphatic hydroxyl groups excluding tert-OH is 1. The molecule has 1 aromatic carbocycles. The number of ether oxygens (including phenoxy) is 1. The van der Waals surface area contributed by atoms with Crippen LogP contribution in [0.2, 0.25) is 0 Å². The van der Waals surface area contributed by atoms with Crippen LogP contribution >= 0.6 is 0 Å². The molecule has 0 aliphatic carbocycles. The predicted octanol–water partition coefficient (Wildman–Crippen LogP) is 1.58. The molecule has 2 aromatic rings. The number of nitrogens with zero attached hydrogens (tertiary/aromatic N) is 2. The molecular weight excluding hydrogens is 344 g/mol. The molecule has 0 radical (unpaired) electrons. The Morgan fingerprint density at radius 2 is 2.00 bits per heavy atom. The number of hydrogen-bond donors (Lipinski definition) is 2. The summed E-state index contributed by atoms with van der Waals surface area (Å²) in [4.78, 5) is 34.1. The van der Waals surface area contributed by atoms with Crippen LogP contribution in [-0.2, 0) is 0 Å². The Bertz CT molecular complexity index is 964. The van der Waals surface area contributed by atoms with E-state index in [1.54, 1.807) is 13.8 Å². The van der Waals surface area contributed by atoms with E-state index < -0.39 is 34.2 Å². The third-order valence-corrected chi connectivity index (χ3v) is 4.39. The van der Waals surface area contributed by atoms with E-state index in [0.29, 0.717) is 0 Å². The molecule has 0 fully saturated rings. The van der Waals surface area contributed by atoms with Crippen LogP contribution in [0.5, 0.6) is 5.75 Å². The van der Waals surface area contributed by atoms with Gasteiger partial charge in [0.25, 0.3) is 11.2 Å². The molecule has 0 amide bonds. The van der Waals surface area contributed by atoms with Crippen LogP contribution in [0.3, 0.4) is 0 Å². The zero-order valence-corrected chi connectivity index (χ0v) is 13.9. The lowest BCUT2D eigenvalue weighted by atomic mass is 9.86. The molecular formula is C17H16N2O7. The molecule has 26 heavy (non-hydrogen) atoms. The lowest BCUT2D eigenvalue weighted by molar-refractivity contribution is -0.385. The minimum Gasteiger partial charge on any atom is -0.485 e. The third kappa shape index (κ3) is 2.82. The van der Waals surface area contributed by atoms with E-state index in [1.165, 1.54) is 18.2 Å². The van der Waals surface area contributed by atoms with Crippen molar-refractivity contribution in [2.45, 2.75) is 31.6 Å². The molecule has 2 heterocycles. The SMILES string of the molecule is CC1(C)Oc2ccc([N+](=O)[O-])cc2C(n2cc(C(=O)O)ccc2=O)C1O. The average Bonchev–Trinajstić information content (AvgIpc) is 2.56. The predicted molar refractivity (Wildman–Crippen MR) is 89.6 cm³/mol. The second-order valence-corrected chi connectivity index (χ2v) is 6.54. The molecule has 2 unspecified atom stereocenters. The molecule has 0 bridgehead atoms. The van der Waals surface area contributed by atoms with Gasteiger partial charge in [-0.1, -0.05) is 0 Å². The quantitative estimate of drug-likeness (QED) is 0.627. The Morgan fingerprint density at radius 3 is 2.62 bits per heavy atom. The first kappa shape index (κ1) is 17.6. The van der Waals surface area contributed by atoms with E-state index in [4.69, 9.17) is 4.74 Å². The topological polar surface area (TPSA) is 132 Å². The summed E-state index contributed by atoms with van der Waals surface area (Å²) in [6, 6.07) is 5.08. The van der Waals surface area contributed by atoms with Crippen molar-refractivity contribution in [3.63, 3.8) is 0 Å². The van der Waals surface area contributed by atoms with Crippen LogP contribution in [-0.4, -0.2) is 37.4 Å². The summed E-state index contributed by atoms with van der Waals surface area (Å²) in [6.45, 7) is 3.22. The Balaban J connectivity index is 2.28. The van der Waals surface area contributed by atoms with E-state index in [1.807, 2.05) is 0 Å². The van der Waals surface area contributed by atoms with E-state index >= 15 is 0 Å². The van der Waals surface area contributed by atoms with E-state index in [2.05, 4.69) is 0 Å². The molecule has 3 rings (SSSR count). The van der Waals surface area contributed by atoms with Crippen LogP contribution in [0.15, 0.2) is 41.3 Å². The van der Waals surface area contributed by atoms with Gasteiger partial charge >= 0.3 is 5.97 Å². The monoisotopic (exact) mass is 360 g/mol. The number of fused-ring (bicyclic) bond motifs is 1. The van der Waals surface area contributed by atoms with Gasteiger partial charge < -0.3 is 19.5 Å². The van der Waals surface area contributed by atoms with E-state index in [-0.39, 0.29) is 22.6 Å². The van der Waals surface area contributed by atoms with Gasteiger partial charge in [0, 0.05) is 30.0 Å². The summed E-state index contributed by atoms with van der Waals surface area (Å²) < 4.78 is 6.80. The second-order valence-electron chi connectivity index (χ2n) is 6.54. The summed E-state index contributed by atoms with van der Waals surface area (Å²) in [7, 11) is 0. The number of pyridine rings is 1. The first-order valence-corrected chi connectivity index (χ1v) is 7.73. The van der Waals surface area contributed by atoms with Gasteiger partial charge in [-0.25, -0.2) is 4.79 Å². The smallest absolute Gasteiger partial charge is 0.337 e. The van der Waals surface area contributed by atoms with E-state index in [9.17, 15) is 29.9 Å². The van der Waals surface area contributed by atoms with Gasteiger partial charge in [-0.3, -0.25) is 14.9 Å². The number of hydrogen-bond acceptors (Lipinski definition) is 6. The fraction of sp³-hybridized carbons (Fsp3) is 0.294. The standard InChI is InChI=1S/C17H16N2O7/c1-17(2)15(21)14(18-8-9(16(22)23)3-6-13(18)20)11-7-10(19(24)25)4-5-12(11)26-17/h3-8,14-15,21H,1-2H3,(H,22,23). The van der Waals surface area contributed by atoms with Gasteiger partial charge in [0.1, 0.15) is 17.5 Å². The van der Waals surface area contributed by atoms with Crippen LogP contribution in [0.4, 0.5) is 5.69 Å². The number of aromatic nitrogens is 1. The first-order chi connectivity index (χ1) is 12.1. The number of carboxylic acids is 1. The number of aromatic carboxylic acids is 1. The zero-order chi connectivity index (χ0) is 19.2. The van der Waals surface area contributed by atoms with Crippen molar-refractivity contribution in [3.05, 3.63) is 68.1 Å². The fourth-order valence-electron chi connectivity index (χ4n) is 3.02. The number of nitro benzene ring substituents is 1. The highest BCUT2D eigenvalue weighted by Crippen LogP contribution is 2.42. The summed E-state index contributed by atoms with van der Waals surface area (Å²) in [5, 5.41) is 31.1. The fourth-order valence-corrected chi connectivity index (χ4v) is 3.02. The van der Waals surface area contributed by atoms with Gasteiger partial charge in [-0.15, -0.1) is 0 Å². The summed E-state index contributed by atoms with van der Waals surface area (Å²) in [5.41, 5.74) is -1.79. The molecule has 0 saturated carbocycles. The van der Waals surface area contributed by atoms with Gasteiger partial charge in [-0.2, -0.15) is 0 Å². The number of aliphatic hydroxyl groups is 1. The highest BCUT2D eigenvalue weighted by atomic mass is 16.6. The number of nitro groups is 1. The number of benzene rings is 1. The van der Waals surface area contributed by atoms with Crippen LogP contribution in [0, 0.1) is 10.1 Å². The molecule has 1 aromatic heterocycles. The van der Waals surface area contributed by atoms with Gasteiger partial charge in [0.15, 0.2) is 0 Å². The van der Waals surface area contributed by atoms with Crippen molar-refractivity contribution in [2.75, 3.05) is 0 Å².